The maximum absolute atomic E-state index is 11.1. The molecule has 1 aromatic heterocycles. The van der Waals surface area contributed by atoms with Crippen LogP contribution in [-0.2, 0) is 7.05 Å². The molecule has 2 rings (SSSR count). The fourth-order valence-corrected chi connectivity index (χ4v) is 1.93. The van der Waals surface area contributed by atoms with E-state index < -0.39 is 5.97 Å². The number of rotatable bonds is 2. The highest BCUT2D eigenvalue weighted by atomic mass is 79.9. The summed E-state index contributed by atoms with van der Waals surface area (Å²) >= 11 is 3.22. The van der Waals surface area contributed by atoms with Crippen LogP contribution in [0.1, 0.15) is 10.4 Å². The number of aromatic carboxylic acids is 1. The van der Waals surface area contributed by atoms with E-state index in [9.17, 15) is 4.79 Å². The number of benzene rings is 1. The molecule has 1 aromatic carbocycles. The third-order valence-electron chi connectivity index (χ3n) is 2.24. The van der Waals surface area contributed by atoms with Gasteiger partial charge in [0.2, 0.25) is 0 Å². The minimum Gasteiger partial charge on any atom is -0.478 e. The lowest BCUT2D eigenvalue weighted by atomic mass is 10.1. The average molecular weight is 281 g/mol. The molecule has 1 N–H and O–H groups in total. The number of carboxylic acid groups (broad SMARTS) is 1. The lowest BCUT2D eigenvalue weighted by Crippen LogP contribution is -1.98. The van der Waals surface area contributed by atoms with Gasteiger partial charge in [0.05, 0.1) is 0 Å². The first-order valence-corrected chi connectivity index (χ1v) is 5.41. The number of nitrogens with zero attached hydrogens (tertiary/aromatic N) is 2. The molecule has 0 aliphatic rings. The highest BCUT2D eigenvalue weighted by molar-refractivity contribution is 9.10. The largest absolute Gasteiger partial charge is 0.478 e. The Balaban J connectivity index is 2.66. The molecular weight excluding hydrogens is 272 g/mol. The van der Waals surface area contributed by atoms with Crippen molar-refractivity contribution in [3.63, 3.8) is 0 Å². The Hall–Kier alpha value is -1.62. The van der Waals surface area contributed by atoms with Crippen molar-refractivity contribution in [1.82, 2.24) is 9.78 Å². The van der Waals surface area contributed by atoms with Crippen LogP contribution in [0.3, 0.4) is 0 Å². The lowest BCUT2D eigenvalue weighted by molar-refractivity contribution is 0.0696. The predicted molar refractivity (Wildman–Crippen MR) is 63.3 cm³/mol. The van der Waals surface area contributed by atoms with Crippen molar-refractivity contribution in [3.05, 3.63) is 40.5 Å². The Kier molecular flexibility index (Phi) is 2.78. The summed E-state index contributed by atoms with van der Waals surface area (Å²) in [5.41, 5.74) is 1.46. The molecule has 5 heteroatoms. The van der Waals surface area contributed by atoms with E-state index >= 15 is 0 Å². The number of aryl methyl sites for hydroxylation is 1. The quantitative estimate of drug-likeness (QED) is 0.920. The molecule has 16 heavy (non-hydrogen) atoms. The van der Waals surface area contributed by atoms with E-state index in [0.29, 0.717) is 10.3 Å². The zero-order valence-electron chi connectivity index (χ0n) is 8.51. The number of halogens is 1. The van der Waals surface area contributed by atoms with Gasteiger partial charge in [-0.1, -0.05) is 30.3 Å². The summed E-state index contributed by atoms with van der Waals surface area (Å²) < 4.78 is 1.98. The van der Waals surface area contributed by atoms with Crippen LogP contribution in [0, 0.1) is 0 Å². The van der Waals surface area contributed by atoms with Gasteiger partial charge in [-0.05, 0) is 15.9 Å². The van der Waals surface area contributed by atoms with Crippen LogP contribution in [0.4, 0.5) is 0 Å². The Morgan fingerprint density at radius 1 is 1.38 bits per heavy atom. The Bertz CT molecular complexity index is 534. The lowest BCUT2D eigenvalue weighted by Gasteiger charge is -1.97. The van der Waals surface area contributed by atoms with Crippen molar-refractivity contribution in [3.8, 4) is 11.3 Å². The maximum Gasteiger partial charge on any atom is 0.340 e. The molecule has 2 aromatic rings. The number of hydrogen-bond acceptors (Lipinski definition) is 2. The molecule has 0 fully saturated rings. The molecule has 1 heterocycles. The minimum absolute atomic E-state index is 0.189. The topological polar surface area (TPSA) is 55.1 Å². The second-order valence-corrected chi connectivity index (χ2v) is 4.06. The summed E-state index contributed by atoms with van der Waals surface area (Å²) in [6, 6.07) is 9.25. The number of carbonyl (C=O) groups is 1. The second-order valence-electron chi connectivity index (χ2n) is 3.31. The smallest absolute Gasteiger partial charge is 0.340 e. The molecule has 0 radical (unpaired) electrons. The number of carboxylic acids is 1. The van der Waals surface area contributed by atoms with Crippen LogP contribution in [0.15, 0.2) is 34.9 Å². The third kappa shape index (κ3) is 1.74. The predicted octanol–water partition coefficient (Wildman–Crippen LogP) is 2.55. The van der Waals surface area contributed by atoms with Crippen LogP contribution in [0.2, 0.25) is 0 Å². The molecule has 0 spiro atoms. The molecule has 0 aliphatic carbocycles. The van der Waals surface area contributed by atoms with Crippen molar-refractivity contribution < 1.29 is 9.90 Å². The zero-order chi connectivity index (χ0) is 11.7. The molecule has 82 valence electrons. The van der Waals surface area contributed by atoms with E-state index in [1.165, 1.54) is 4.68 Å². The number of hydrogen-bond donors (Lipinski definition) is 1. The van der Waals surface area contributed by atoms with Gasteiger partial charge in [0.15, 0.2) is 0 Å². The molecule has 4 nitrogen and oxygen atoms in total. The van der Waals surface area contributed by atoms with E-state index in [2.05, 4.69) is 21.0 Å². The Labute approximate surface area is 101 Å². The summed E-state index contributed by atoms with van der Waals surface area (Å²) in [5.74, 6) is -0.987. The molecule has 0 amide bonds. The van der Waals surface area contributed by atoms with Crippen LogP contribution in [0.5, 0.6) is 0 Å². The molecule has 0 saturated heterocycles. The molecular formula is C11H9BrN2O2. The normalized spacial score (nSPS) is 10.4. The molecule has 0 unspecified atom stereocenters. The van der Waals surface area contributed by atoms with Gasteiger partial charge in [-0.2, -0.15) is 5.10 Å². The average Bonchev–Trinajstić information content (AvgIpc) is 2.57. The summed E-state index contributed by atoms with van der Waals surface area (Å²) in [6.45, 7) is 0. The van der Waals surface area contributed by atoms with Gasteiger partial charge in [-0.25, -0.2) is 4.79 Å². The highest BCUT2D eigenvalue weighted by Crippen LogP contribution is 2.28. The van der Waals surface area contributed by atoms with Crippen LogP contribution in [0.25, 0.3) is 11.3 Å². The van der Waals surface area contributed by atoms with Gasteiger partial charge in [0, 0.05) is 12.6 Å². The summed E-state index contributed by atoms with van der Waals surface area (Å²) in [5, 5.41) is 13.3. The fraction of sp³-hybridized carbons (Fsp3) is 0.0909. The summed E-state index contributed by atoms with van der Waals surface area (Å²) in [7, 11) is 1.70. The second kappa shape index (κ2) is 4.09. The van der Waals surface area contributed by atoms with E-state index in [1.54, 1.807) is 7.05 Å². The van der Waals surface area contributed by atoms with Crippen molar-refractivity contribution in [2.45, 2.75) is 0 Å². The molecule has 0 bridgehead atoms. The molecule has 0 saturated carbocycles. The monoisotopic (exact) mass is 280 g/mol. The van der Waals surface area contributed by atoms with Crippen molar-refractivity contribution in [1.29, 1.82) is 0 Å². The first kappa shape index (κ1) is 10.9. The summed E-state index contributed by atoms with van der Waals surface area (Å²) in [6.07, 6.45) is 0. The Morgan fingerprint density at radius 2 is 2.00 bits per heavy atom. The highest BCUT2D eigenvalue weighted by Gasteiger charge is 2.21. The first-order valence-electron chi connectivity index (χ1n) is 4.62. The SMILES string of the molecule is Cn1nc(-c2ccccc2)c(C(=O)O)c1Br. The maximum atomic E-state index is 11.1. The Morgan fingerprint density at radius 3 is 2.56 bits per heavy atom. The van der Waals surface area contributed by atoms with Crippen LogP contribution < -0.4 is 0 Å². The fourth-order valence-electron chi connectivity index (χ4n) is 1.49. The number of aromatic nitrogens is 2. The van der Waals surface area contributed by atoms with E-state index in [0.717, 1.165) is 5.56 Å². The van der Waals surface area contributed by atoms with Gasteiger partial charge >= 0.3 is 5.97 Å². The van der Waals surface area contributed by atoms with Gasteiger partial charge in [0.25, 0.3) is 0 Å². The first-order chi connectivity index (χ1) is 7.61. The van der Waals surface area contributed by atoms with Gasteiger partial charge in [0.1, 0.15) is 15.9 Å². The minimum atomic E-state index is -0.987. The van der Waals surface area contributed by atoms with Gasteiger partial charge in [-0.15, -0.1) is 0 Å². The van der Waals surface area contributed by atoms with Gasteiger partial charge < -0.3 is 5.11 Å². The van der Waals surface area contributed by atoms with Crippen molar-refractivity contribution in [2.75, 3.05) is 0 Å². The van der Waals surface area contributed by atoms with E-state index in [4.69, 9.17) is 5.11 Å². The van der Waals surface area contributed by atoms with Gasteiger partial charge in [-0.3, -0.25) is 4.68 Å². The summed E-state index contributed by atoms with van der Waals surface area (Å²) in [4.78, 5) is 11.1. The molecule has 0 atom stereocenters. The van der Waals surface area contributed by atoms with E-state index in [-0.39, 0.29) is 5.56 Å². The molecule has 0 aliphatic heterocycles. The van der Waals surface area contributed by atoms with Crippen molar-refractivity contribution in [2.24, 2.45) is 7.05 Å². The standard InChI is InChI=1S/C11H9BrN2O2/c1-14-10(12)8(11(15)16)9(13-14)7-5-3-2-4-6-7/h2-6H,1H3,(H,15,16). The van der Waals surface area contributed by atoms with Crippen LogP contribution >= 0.6 is 15.9 Å². The van der Waals surface area contributed by atoms with E-state index in [1.807, 2.05) is 30.3 Å². The van der Waals surface area contributed by atoms with Crippen LogP contribution in [-0.4, -0.2) is 20.9 Å². The van der Waals surface area contributed by atoms with Crippen molar-refractivity contribution >= 4 is 21.9 Å². The zero-order valence-corrected chi connectivity index (χ0v) is 10.1. The third-order valence-corrected chi connectivity index (χ3v) is 3.15.